The Morgan fingerprint density at radius 2 is 2.00 bits per heavy atom. The van der Waals surface area contributed by atoms with Gasteiger partial charge in [0.2, 0.25) is 0 Å². The van der Waals surface area contributed by atoms with Gasteiger partial charge in [-0.3, -0.25) is 10.1 Å². The third kappa shape index (κ3) is 3.96. The molecule has 1 aromatic rings. The average Bonchev–Trinajstić information content (AvgIpc) is 2.43. The fraction of sp³-hybridized carbons (Fsp3) is 0.385. The summed E-state index contributed by atoms with van der Waals surface area (Å²) < 4.78 is 0. The van der Waals surface area contributed by atoms with E-state index in [0.29, 0.717) is 12.0 Å². The van der Waals surface area contributed by atoms with E-state index < -0.39 is 12.0 Å². The van der Waals surface area contributed by atoms with Crippen LogP contribution in [0.4, 0.5) is 0 Å². The van der Waals surface area contributed by atoms with E-state index in [1.54, 1.807) is 12.1 Å². The van der Waals surface area contributed by atoms with E-state index in [0.717, 1.165) is 5.56 Å². The predicted octanol–water partition coefficient (Wildman–Crippen LogP) is 1.29. The summed E-state index contributed by atoms with van der Waals surface area (Å²) in [6.07, 6.45) is 0.516. The zero-order valence-corrected chi connectivity index (χ0v) is 11.0. The molecular weight excluding hydrogens is 246 g/mol. The summed E-state index contributed by atoms with van der Waals surface area (Å²) in [5, 5.41) is 23.5. The molecule has 1 rings (SSSR count). The van der Waals surface area contributed by atoms with E-state index in [9.17, 15) is 4.79 Å². The molecule has 0 aromatic heterocycles. The van der Waals surface area contributed by atoms with Gasteiger partial charge in [-0.1, -0.05) is 36.3 Å². The van der Waals surface area contributed by atoms with Gasteiger partial charge < -0.3 is 16.0 Å². The summed E-state index contributed by atoms with van der Waals surface area (Å²) in [5.41, 5.74) is 7.02. The number of oxime groups is 1. The molecule has 104 valence electrons. The SMILES string of the molecule is CC[C@@H](N[C@H](C)c1ccc(C(N)=NO)cc1)C(=O)O. The molecule has 0 bridgehead atoms. The monoisotopic (exact) mass is 265 g/mol. The third-order valence-corrected chi connectivity index (χ3v) is 2.97. The predicted molar refractivity (Wildman–Crippen MR) is 72.2 cm³/mol. The molecule has 1 aromatic carbocycles. The molecule has 19 heavy (non-hydrogen) atoms. The molecule has 0 aliphatic carbocycles. The second-order valence-electron chi connectivity index (χ2n) is 4.29. The summed E-state index contributed by atoms with van der Waals surface area (Å²) in [6, 6.07) is 6.43. The Labute approximate surface area is 111 Å². The van der Waals surface area contributed by atoms with Gasteiger partial charge in [0.05, 0.1) is 0 Å². The molecule has 0 heterocycles. The minimum Gasteiger partial charge on any atom is -0.480 e. The lowest BCUT2D eigenvalue weighted by Crippen LogP contribution is -2.37. The largest absolute Gasteiger partial charge is 0.480 e. The Morgan fingerprint density at radius 1 is 1.42 bits per heavy atom. The van der Waals surface area contributed by atoms with Crippen molar-refractivity contribution in [3.05, 3.63) is 35.4 Å². The van der Waals surface area contributed by atoms with Crippen LogP contribution in [0.3, 0.4) is 0 Å². The van der Waals surface area contributed by atoms with Crippen molar-refractivity contribution in [2.24, 2.45) is 10.9 Å². The number of amidine groups is 1. The molecule has 0 spiro atoms. The van der Waals surface area contributed by atoms with Gasteiger partial charge in [0.15, 0.2) is 5.84 Å². The van der Waals surface area contributed by atoms with Gasteiger partial charge in [0.1, 0.15) is 6.04 Å². The Morgan fingerprint density at radius 3 is 2.42 bits per heavy atom. The number of aliphatic carboxylic acids is 1. The van der Waals surface area contributed by atoms with Crippen molar-refractivity contribution in [2.45, 2.75) is 32.4 Å². The van der Waals surface area contributed by atoms with Crippen LogP contribution in [-0.4, -0.2) is 28.2 Å². The maximum Gasteiger partial charge on any atom is 0.320 e. The van der Waals surface area contributed by atoms with Gasteiger partial charge in [-0.2, -0.15) is 0 Å². The Hall–Kier alpha value is -2.08. The summed E-state index contributed by atoms with van der Waals surface area (Å²) in [7, 11) is 0. The van der Waals surface area contributed by atoms with Crippen LogP contribution in [0.25, 0.3) is 0 Å². The van der Waals surface area contributed by atoms with Crippen molar-refractivity contribution in [1.82, 2.24) is 5.32 Å². The number of nitrogens with two attached hydrogens (primary N) is 1. The van der Waals surface area contributed by atoms with E-state index in [-0.39, 0.29) is 11.9 Å². The van der Waals surface area contributed by atoms with Gasteiger partial charge in [0.25, 0.3) is 0 Å². The molecule has 6 heteroatoms. The van der Waals surface area contributed by atoms with E-state index >= 15 is 0 Å². The van der Waals surface area contributed by atoms with Crippen LogP contribution in [0.1, 0.15) is 37.4 Å². The van der Waals surface area contributed by atoms with Crippen molar-refractivity contribution < 1.29 is 15.1 Å². The molecule has 0 saturated carbocycles. The number of nitrogens with one attached hydrogen (secondary N) is 1. The highest BCUT2D eigenvalue weighted by atomic mass is 16.4. The standard InChI is InChI=1S/C13H19N3O3/c1-3-11(13(17)18)15-8(2)9-4-6-10(7-5-9)12(14)16-19/h4-8,11,15,19H,3H2,1-2H3,(H2,14,16)(H,17,18)/t8-,11-/m1/s1. The number of carbonyl (C=O) groups is 1. The van der Waals surface area contributed by atoms with Gasteiger partial charge in [-0.05, 0) is 18.9 Å². The molecule has 5 N–H and O–H groups in total. The van der Waals surface area contributed by atoms with Gasteiger partial charge in [-0.25, -0.2) is 0 Å². The van der Waals surface area contributed by atoms with E-state index in [1.165, 1.54) is 0 Å². The maximum absolute atomic E-state index is 11.0. The highest BCUT2D eigenvalue weighted by Crippen LogP contribution is 2.14. The smallest absolute Gasteiger partial charge is 0.320 e. The number of hydrogen-bond acceptors (Lipinski definition) is 4. The molecule has 0 unspecified atom stereocenters. The number of nitrogens with zero attached hydrogens (tertiary/aromatic N) is 1. The van der Waals surface area contributed by atoms with Crippen LogP contribution in [0, 0.1) is 0 Å². The number of benzene rings is 1. The highest BCUT2D eigenvalue weighted by molar-refractivity contribution is 5.96. The number of hydrogen-bond donors (Lipinski definition) is 4. The minimum absolute atomic E-state index is 0.0455. The van der Waals surface area contributed by atoms with Crippen LogP contribution >= 0.6 is 0 Å². The lowest BCUT2D eigenvalue weighted by Gasteiger charge is -2.19. The van der Waals surface area contributed by atoms with Crippen molar-refractivity contribution in [3.8, 4) is 0 Å². The first kappa shape index (κ1) is 15.0. The average molecular weight is 265 g/mol. The molecule has 6 nitrogen and oxygen atoms in total. The third-order valence-electron chi connectivity index (χ3n) is 2.97. The molecule has 0 fully saturated rings. The summed E-state index contributed by atoms with van der Waals surface area (Å²) in [5.74, 6) is -0.813. The second kappa shape index (κ2) is 6.75. The Kier molecular flexibility index (Phi) is 5.32. The maximum atomic E-state index is 11.0. The lowest BCUT2D eigenvalue weighted by atomic mass is 10.0. The zero-order chi connectivity index (χ0) is 14.4. The highest BCUT2D eigenvalue weighted by Gasteiger charge is 2.17. The van der Waals surface area contributed by atoms with E-state index in [1.807, 2.05) is 26.0 Å². The van der Waals surface area contributed by atoms with Crippen LogP contribution < -0.4 is 11.1 Å². The Balaban J connectivity index is 2.78. The fourth-order valence-electron chi connectivity index (χ4n) is 1.76. The molecular formula is C13H19N3O3. The topological polar surface area (TPSA) is 108 Å². The van der Waals surface area contributed by atoms with E-state index in [2.05, 4.69) is 10.5 Å². The quantitative estimate of drug-likeness (QED) is 0.268. The minimum atomic E-state index is -0.859. The van der Waals surface area contributed by atoms with E-state index in [4.69, 9.17) is 16.0 Å². The number of carboxylic acid groups (broad SMARTS) is 1. The molecule has 0 aliphatic rings. The molecule has 0 amide bonds. The number of rotatable bonds is 6. The second-order valence-corrected chi connectivity index (χ2v) is 4.29. The molecule has 2 atom stereocenters. The van der Waals surface area contributed by atoms with Crippen molar-refractivity contribution in [2.75, 3.05) is 0 Å². The summed E-state index contributed by atoms with van der Waals surface area (Å²) in [4.78, 5) is 11.0. The summed E-state index contributed by atoms with van der Waals surface area (Å²) >= 11 is 0. The summed E-state index contributed by atoms with van der Waals surface area (Å²) in [6.45, 7) is 3.71. The van der Waals surface area contributed by atoms with Crippen LogP contribution in [0.15, 0.2) is 29.4 Å². The van der Waals surface area contributed by atoms with Gasteiger partial charge in [-0.15, -0.1) is 0 Å². The molecule has 0 aliphatic heterocycles. The normalized spacial score (nSPS) is 14.9. The fourth-order valence-corrected chi connectivity index (χ4v) is 1.76. The van der Waals surface area contributed by atoms with Crippen LogP contribution in [0.2, 0.25) is 0 Å². The first-order valence-corrected chi connectivity index (χ1v) is 6.06. The van der Waals surface area contributed by atoms with Crippen LogP contribution in [0.5, 0.6) is 0 Å². The van der Waals surface area contributed by atoms with Gasteiger partial charge >= 0.3 is 5.97 Å². The van der Waals surface area contributed by atoms with Crippen LogP contribution in [-0.2, 0) is 4.79 Å². The Bertz CT molecular complexity index is 457. The lowest BCUT2D eigenvalue weighted by molar-refractivity contribution is -0.139. The molecule has 0 radical (unpaired) electrons. The van der Waals surface area contributed by atoms with Crippen molar-refractivity contribution >= 4 is 11.8 Å². The first-order valence-electron chi connectivity index (χ1n) is 6.06. The zero-order valence-electron chi connectivity index (χ0n) is 11.0. The van der Waals surface area contributed by atoms with Crippen molar-refractivity contribution in [1.29, 1.82) is 0 Å². The number of carboxylic acids is 1. The van der Waals surface area contributed by atoms with Gasteiger partial charge in [0, 0.05) is 11.6 Å². The first-order chi connectivity index (χ1) is 8.99. The van der Waals surface area contributed by atoms with Crippen molar-refractivity contribution in [3.63, 3.8) is 0 Å². The molecule has 0 saturated heterocycles.